The number of hydrogen-bond acceptors (Lipinski definition) is 3. The van der Waals surface area contributed by atoms with Gasteiger partial charge in [-0.2, -0.15) is 5.26 Å². The van der Waals surface area contributed by atoms with Crippen LogP contribution < -0.4 is 5.32 Å². The molecule has 0 saturated carbocycles. The summed E-state index contributed by atoms with van der Waals surface area (Å²) in [5, 5.41) is 20.3. The molecule has 4 nitrogen and oxygen atoms in total. The van der Waals surface area contributed by atoms with Gasteiger partial charge in [0.2, 0.25) is 5.91 Å². The van der Waals surface area contributed by atoms with E-state index >= 15 is 0 Å². The fourth-order valence-electron chi connectivity index (χ4n) is 1.08. The maximum atomic E-state index is 11.5. The third kappa shape index (κ3) is 3.75. The number of hydrogen-bond donors (Lipinski definition) is 2. The summed E-state index contributed by atoms with van der Waals surface area (Å²) in [5.41, 5.74) is 0. The van der Waals surface area contributed by atoms with Gasteiger partial charge in [0.15, 0.2) is 0 Å². The number of carbonyl (C=O) groups excluding carboxylic acids is 1. The van der Waals surface area contributed by atoms with Crippen molar-refractivity contribution in [2.24, 2.45) is 11.8 Å². The van der Waals surface area contributed by atoms with Crippen molar-refractivity contribution in [3.63, 3.8) is 0 Å². The first-order chi connectivity index (χ1) is 6.56. The summed E-state index contributed by atoms with van der Waals surface area (Å²) in [6, 6.07) is 1.72. The first kappa shape index (κ1) is 12.9. The number of aliphatic hydroxyl groups excluding tert-OH is 1. The SMILES string of the molecule is CCC(CO)NC(=O)C(C#N)C(C)C. The lowest BCUT2D eigenvalue weighted by molar-refractivity contribution is -0.125. The second kappa shape index (κ2) is 6.39. The maximum Gasteiger partial charge on any atom is 0.237 e. The smallest absolute Gasteiger partial charge is 0.237 e. The van der Waals surface area contributed by atoms with E-state index in [1.165, 1.54) is 0 Å². The topological polar surface area (TPSA) is 73.1 Å². The van der Waals surface area contributed by atoms with E-state index in [9.17, 15) is 4.79 Å². The van der Waals surface area contributed by atoms with Crippen molar-refractivity contribution in [3.8, 4) is 6.07 Å². The van der Waals surface area contributed by atoms with E-state index in [0.717, 1.165) is 0 Å². The van der Waals surface area contributed by atoms with Gasteiger partial charge in [0.25, 0.3) is 0 Å². The molecule has 0 aliphatic heterocycles. The minimum Gasteiger partial charge on any atom is -0.394 e. The zero-order valence-corrected chi connectivity index (χ0v) is 8.95. The third-order valence-corrected chi connectivity index (χ3v) is 2.15. The van der Waals surface area contributed by atoms with Gasteiger partial charge in [-0.1, -0.05) is 20.8 Å². The average Bonchev–Trinajstić information content (AvgIpc) is 2.14. The summed E-state index contributed by atoms with van der Waals surface area (Å²) < 4.78 is 0. The van der Waals surface area contributed by atoms with Crippen LogP contribution in [0.5, 0.6) is 0 Å². The molecule has 0 heterocycles. The Labute approximate surface area is 84.9 Å². The number of amides is 1. The molecule has 0 aromatic rings. The molecule has 0 fully saturated rings. The van der Waals surface area contributed by atoms with Crippen molar-refractivity contribution >= 4 is 5.91 Å². The number of aliphatic hydroxyl groups is 1. The maximum absolute atomic E-state index is 11.5. The van der Waals surface area contributed by atoms with E-state index in [2.05, 4.69) is 5.32 Å². The fourth-order valence-corrected chi connectivity index (χ4v) is 1.08. The van der Waals surface area contributed by atoms with Crippen molar-refractivity contribution in [3.05, 3.63) is 0 Å². The molecule has 0 aliphatic carbocycles. The highest BCUT2D eigenvalue weighted by atomic mass is 16.3. The van der Waals surface area contributed by atoms with Crippen LogP contribution in [0.4, 0.5) is 0 Å². The second-order valence-electron chi connectivity index (χ2n) is 3.65. The first-order valence-corrected chi connectivity index (χ1v) is 4.87. The number of nitrogens with one attached hydrogen (secondary N) is 1. The van der Waals surface area contributed by atoms with Crippen molar-refractivity contribution in [1.29, 1.82) is 5.26 Å². The quantitative estimate of drug-likeness (QED) is 0.682. The molecular weight excluding hydrogens is 180 g/mol. The molecule has 0 saturated heterocycles. The molecule has 2 N–H and O–H groups in total. The lowest BCUT2D eigenvalue weighted by Crippen LogP contribution is -2.41. The molecule has 0 bridgehead atoms. The Balaban J connectivity index is 4.25. The summed E-state index contributed by atoms with van der Waals surface area (Å²) in [6.07, 6.45) is 0.665. The molecule has 0 aliphatic rings. The molecule has 0 radical (unpaired) electrons. The van der Waals surface area contributed by atoms with Crippen LogP contribution in [0.15, 0.2) is 0 Å². The van der Waals surface area contributed by atoms with Crippen LogP contribution in [0.2, 0.25) is 0 Å². The van der Waals surface area contributed by atoms with E-state index in [-0.39, 0.29) is 24.5 Å². The van der Waals surface area contributed by atoms with Gasteiger partial charge in [0.1, 0.15) is 5.92 Å². The minimum atomic E-state index is -0.629. The molecule has 0 aromatic carbocycles. The van der Waals surface area contributed by atoms with Crippen LogP contribution >= 0.6 is 0 Å². The molecule has 14 heavy (non-hydrogen) atoms. The lowest BCUT2D eigenvalue weighted by atomic mass is 9.96. The zero-order chi connectivity index (χ0) is 11.1. The standard InChI is InChI=1S/C10H18N2O2/c1-4-8(6-13)12-10(14)9(5-11)7(2)3/h7-9,13H,4,6H2,1-3H3,(H,12,14). The Bertz CT molecular complexity index is 217. The van der Waals surface area contributed by atoms with Crippen molar-refractivity contribution in [2.45, 2.75) is 33.2 Å². The molecule has 0 rings (SSSR count). The van der Waals surface area contributed by atoms with Crippen LogP contribution in [0.1, 0.15) is 27.2 Å². The minimum absolute atomic E-state index is 0.00352. The largest absolute Gasteiger partial charge is 0.394 e. The highest BCUT2D eigenvalue weighted by Gasteiger charge is 2.23. The van der Waals surface area contributed by atoms with Crippen molar-refractivity contribution in [2.75, 3.05) is 6.61 Å². The van der Waals surface area contributed by atoms with Crippen LogP contribution in [-0.2, 0) is 4.79 Å². The van der Waals surface area contributed by atoms with Gasteiger partial charge in [-0.3, -0.25) is 4.79 Å². The molecule has 2 atom stereocenters. The fraction of sp³-hybridized carbons (Fsp3) is 0.800. The van der Waals surface area contributed by atoms with E-state index in [4.69, 9.17) is 10.4 Å². The molecular formula is C10H18N2O2. The van der Waals surface area contributed by atoms with Gasteiger partial charge in [-0.25, -0.2) is 0 Å². The van der Waals surface area contributed by atoms with Crippen molar-refractivity contribution < 1.29 is 9.90 Å². The highest BCUT2D eigenvalue weighted by Crippen LogP contribution is 2.09. The number of rotatable bonds is 5. The van der Waals surface area contributed by atoms with Gasteiger partial charge >= 0.3 is 0 Å². The summed E-state index contributed by atoms with van der Waals surface area (Å²) in [7, 11) is 0. The predicted molar refractivity (Wildman–Crippen MR) is 53.2 cm³/mol. The molecule has 1 amide bonds. The van der Waals surface area contributed by atoms with Crippen LogP contribution in [0.25, 0.3) is 0 Å². The van der Waals surface area contributed by atoms with E-state index in [1.807, 2.05) is 26.8 Å². The predicted octanol–water partition coefficient (Wildman–Crippen LogP) is 0.669. The van der Waals surface area contributed by atoms with E-state index < -0.39 is 5.92 Å². The summed E-state index contributed by atoms with van der Waals surface area (Å²) in [4.78, 5) is 11.5. The Morgan fingerprint density at radius 2 is 2.14 bits per heavy atom. The molecule has 2 unspecified atom stereocenters. The highest BCUT2D eigenvalue weighted by molar-refractivity contribution is 5.81. The van der Waals surface area contributed by atoms with Gasteiger partial charge in [-0.05, 0) is 12.3 Å². The Hall–Kier alpha value is -1.08. The third-order valence-electron chi connectivity index (χ3n) is 2.15. The van der Waals surface area contributed by atoms with E-state index in [0.29, 0.717) is 6.42 Å². The van der Waals surface area contributed by atoms with Gasteiger partial charge < -0.3 is 10.4 Å². The van der Waals surface area contributed by atoms with Crippen LogP contribution in [0.3, 0.4) is 0 Å². The normalized spacial score (nSPS) is 14.6. The zero-order valence-electron chi connectivity index (χ0n) is 8.95. The molecule has 0 aromatic heterocycles. The van der Waals surface area contributed by atoms with Crippen LogP contribution in [0, 0.1) is 23.2 Å². The Kier molecular flexibility index (Phi) is 5.89. The average molecular weight is 198 g/mol. The summed E-state index contributed by atoms with van der Waals surface area (Å²) in [5.74, 6) is -0.921. The van der Waals surface area contributed by atoms with Crippen LogP contribution in [-0.4, -0.2) is 23.7 Å². The van der Waals surface area contributed by atoms with Gasteiger partial charge in [0, 0.05) is 0 Å². The van der Waals surface area contributed by atoms with Crippen molar-refractivity contribution in [1.82, 2.24) is 5.32 Å². The molecule has 0 spiro atoms. The summed E-state index contributed by atoms with van der Waals surface area (Å²) >= 11 is 0. The number of carbonyl (C=O) groups is 1. The number of nitrogens with zero attached hydrogens (tertiary/aromatic N) is 1. The van der Waals surface area contributed by atoms with E-state index in [1.54, 1.807) is 0 Å². The summed E-state index contributed by atoms with van der Waals surface area (Å²) in [6.45, 7) is 5.44. The van der Waals surface area contributed by atoms with Gasteiger partial charge in [0.05, 0.1) is 18.7 Å². The Morgan fingerprint density at radius 3 is 2.43 bits per heavy atom. The monoisotopic (exact) mass is 198 g/mol. The molecule has 4 heteroatoms. The second-order valence-corrected chi connectivity index (χ2v) is 3.65. The number of nitriles is 1. The first-order valence-electron chi connectivity index (χ1n) is 4.87. The lowest BCUT2D eigenvalue weighted by Gasteiger charge is -2.18. The van der Waals surface area contributed by atoms with Gasteiger partial charge in [-0.15, -0.1) is 0 Å². The molecule has 80 valence electrons. The Morgan fingerprint density at radius 1 is 1.57 bits per heavy atom.